The van der Waals surface area contributed by atoms with Crippen LogP contribution < -0.4 is 20.3 Å². The van der Waals surface area contributed by atoms with Crippen LogP contribution in [0.1, 0.15) is 11.1 Å². The first-order valence-corrected chi connectivity index (χ1v) is 7.96. The quantitative estimate of drug-likeness (QED) is 0.400. The third-order valence-electron chi connectivity index (χ3n) is 3.70. The Morgan fingerprint density at radius 2 is 1.60 bits per heavy atom. The van der Waals surface area contributed by atoms with Crippen LogP contribution >= 0.6 is 24.0 Å². The number of methoxy groups -OCH3 is 1. The van der Waals surface area contributed by atoms with Gasteiger partial charge in [-0.15, -0.1) is 24.0 Å². The van der Waals surface area contributed by atoms with Crippen LogP contribution in [0.3, 0.4) is 0 Å². The van der Waals surface area contributed by atoms with E-state index in [1.54, 1.807) is 14.2 Å². The molecule has 0 aliphatic rings. The smallest absolute Gasteiger partial charge is 0.191 e. The Morgan fingerprint density at radius 3 is 2.16 bits per heavy atom. The zero-order chi connectivity index (χ0) is 17.4. The second-order valence-electron chi connectivity index (χ2n) is 5.70. The van der Waals surface area contributed by atoms with Crippen LogP contribution in [0.4, 0.5) is 5.69 Å². The molecule has 25 heavy (non-hydrogen) atoms. The predicted molar refractivity (Wildman–Crippen MR) is 116 cm³/mol. The number of nitrogens with one attached hydrogen (secondary N) is 2. The van der Waals surface area contributed by atoms with E-state index in [1.165, 1.54) is 11.3 Å². The van der Waals surface area contributed by atoms with Crippen molar-refractivity contribution in [2.24, 2.45) is 4.99 Å². The molecular weight excluding hydrogens is 427 g/mol. The third-order valence-corrected chi connectivity index (χ3v) is 3.70. The largest absolute Gasteiger partial charge is 0.497 e. The molecule has 0 radical (unpaired) electrons. The average Bonchev–Trinajstić information content (AvgIpc) is 2.62. The number of ether oxygens (including phenoxy) is 1. The summed E-state index contributed by atoms with van der Waals surface area (Å²) in [5.41, 5.74) is 3.55. The summed E-state index contributed by atoms with van der Waals surface area (Å²) >= 11 is 0. The van der Waals surface area contributed by atoms with Gasteiger partial charge in [0.05, 0.1) is 7.11 Å². The molecule has 0 bridgehead atoms. The molecule has 2 aromatic rings. The number of guanidine groups is 1. The lowest BCUT2D eigenvalue weighted by molar-refractivity contribution is 0.414. The highest BCUT2D eigenvalue weighted by atomic mass is 127. The van der Waals surface area contributed by atoms with Crippen LogP contribution in [0, 0.1) is 0 Å². The van der Waals surface area contributed by atoms with Crippen molar-refractivity contribution in [3.8, 4) is 5.75 Å². The number of rotatable bonds is 6. The fourth-order valence-electron chi connectivity index (χ4n) is 2.32. The standard InChI is InChI=1S/C19H26N4O.HI/c1-20-19(22-14-16-8-6-10-18(12-16)24-4)21-13-15-7-5-9-17(11-15)23(2)3;/h5-12H,13-14H2,1-4H3,(H2,20,21,22);1H. The molecule has 0 fully saturated rings. The molecule has 0 unspecified atom stereocenters. The summed E-state index contributed by atoms with van der Waals surface area (Å²) in [6.07, 6.45) is 0. The number of anilines is 1. The van der Waals surface area contributed by atoms with Crippen molar-refractivity contribution >= 4 is 35.6 Å². The molecule has 0 amide bonds. The molecule has 0 saturated carbocycles. The molecule has 5 nitrogen and oxygen atoms in total. The minimum absolute atomic E-state index is 0. The molecule has 0 saturated heterocycles. The zero-order valence-corrected chi connectivity index (χ0v) is 17.6. The Hall–Kier alpha value is -1.96. The van der Waals surface area contributed by atoms with E-state index in [4.69, 9.17) is 4.74 Å². The summed E-state index contributed by atoms with van der Waals surface area (Å²) in [6, 6.07) is 16.4. The van der Waals surface area contributed by atoms with Gasteiger partial charge in [0, 0.05) is 39.9 Å². The van der Waals surface area contributed by atoms with Gasteiger partial charge >= 0.3 is 0 Å². The van der Waals surface area contributed by atoms with Gasteiger partial charge < -0.3 is 20.3 Å². The van der Waals surface area contributed by atoms with E-state index in [-0.39, 0.29) is 24.0 Å². The summed E-state index contributed by atoms with van der Waals surface area (Å²) in [6.45, 7) is 1.41. The lowest BCUT2D eigenvalue weighted by Gasteiger charge is -2.15. The molecule has 6 heteroatoms. The number of aliphatic imine (C=N–C) groups is 1. The Labute approximate surface area is 167 Å². The molecule has 0 atom stereocenters. The molecule has 0 aliphatic carbocycles. The lowest BCUT2D eigenvalue weighted by atomic mass is 10.2. The number of benzene rings is 2. The van der Waals surface area contributed by atoms with Gasteiger partial charge in [-0.3, -0.25) is 4.99 Å². The first-order valence-electron chi connectivity index (χ1n) is 7.96. The fourth-order valence-corrected chi connectivity index (χ4v) is 2.32. The minimum atomic E-state index is 0. The van der Waals surface area contributed by atoms with E-state index in [2.05, 4.69) is 50.9 Å². The second kappa shape index (κ2) is 10.8. The Morgan fingerprint density at radius 1 is 1.00 bits per heavy atom. The molecule has 136 valence electrons. The van der Waals surface area contributed by atoms with Crippen LogP contribution in [0.5, 0.6) is 5.75 Å². The number of nitrogens with zero attached hydrogens (tertiary/aromatic N) is 2. The van der Waals surface area contributed by atoms with E-state index in [0.29, 0.717) is 6.54 Å². The van der Waals surface area contributed by atoms with Crippen molar-refractivity contribution in [1.82, 2.24) is 10.6 Å². The number of hydrogen-bond donors (Lipinski definition) is 2. The summed E-state index contributed by atoms with van der Waals surface area (Å²) in [4.78, 5) is 6.37. The van der Waals surface area contributed by atoms with Crippen molar-refractivity contribution in [3.63, 3.8) is 0 Å². The van der Waals surface area contributed by atoms with Crippen LogP contribution in [0.25, 0.3) is 0 Å². The highest BCUT2D eigenvalue weighted by Gasteiger charge is 2.02. The predicted octanol–water partition coefficient (Wildman–Crippen LogP) is 3.24. The van der Waals surface area contributed by atoms with Crippen LogP contribution in [0.2, 0.25) is 0 Å². The normalized spacial score (nSPS) is 10.6. The van der Waals surface area contributed by atoms with Gasteiger partial charge in [0.25, 0.3) is 0 Å². The van der Waals surface area contributed by atoms with Crippen molar-refractivity contribution in [2.75, 3.05) is 33.2 Å². The van der Waals surface area contributed by atoms with Crippen molar-refractivity contribution in [2.45, 2.75) is 13.1 Å². The minimum Gasteiger partial charge on any atom is -0.497 e. The van der Waals surface area contributed by atoms with Crippen LogP contribution in [-0.2, 0) is 13.1 Å². The van der Waals surface area contributed by atoms with E-state index in [0.717, 1.165) is 23.8 Å². The monoisotopic (exact) mass is 454 g/mol. The van der Waals surface area contributed by atoms with Gasteiger partial charge in [-0.25, -0.2) is 0 Å². The second-order valence-corrected chi connectivity index (χ2v) is 5.70. The van der Waals surface area contributed by atoms with E-state index in [9.17, 15) is 0 Å². The van der Waals surface area contributed by atoms with Crippen molar-refractivity contribution in [3.05, 3.63) is 59.7 Å². The summed E-state index contributed by atoms with van der Waals surface area (Å²) in [7, 11) is 7.54. The van der Waals surface area contributed by atoms with E-state index >= 15 is 0 Å². The highest BCUT2D eigenvalue weighted by Crippen LogP contribution is 2.13. The first-order chi connectivity index (χ1) is 11.6. The highest BCUT2D eigenvalue weighted by molar-refractivity contribution is 14.0. The molecule has 0 heterocycles. The van der Waals surface area contributed by atoms with Crippen LogP contribution in [0.15, 0.2) is 53.5 Å². The Bertz CT molecular complexity index is 689. The van der Waals surface area contributed by atoms with Crippen LogP contribution in [-0.4, -0.2) is 34.2 Å². The van der Waals surface area contributed by atoms with Gasteiger partial charge in [-0.05, 0) is 35.4 Å². The molecule has 0 spiro atoms. The number of hydrogen-bond acceptors (Lipinski definition) is 3. The summed E-state index contributed by atoms with van der Waals surface area (Å²) < 4.78 is 5.25. The molecule has 0 aliphatic heterocycles. The lowest BCUT2D eigenvalue weighted by Crippen LogP contribution is -2.36. The Balaban J connectivity index is 0.00000312. The van der Waals surface area contributed by atoms with E-state index < -0.39 is 0 Å². The van der Waals surface area contributed by atoms with Gasteiger partial charge in [-0.1, -0.05) is 24.3 Å². The third kappa shape index (κ3) is 6.81. The van der Waals surface area contributed by atoms with Gasteiger partial charge in [0.15, 0.2) is 5.96 Å². The van der Waals surface area contributed by atoms with Gasteiger partial charge in [-0.2, -0.15) is 0 Å². The van der Waals surface area contributed by atoms with Gasteiger partial charge in [0.2, 0.25) is 0 Å². The summed E-state index contributed by atoms with van der Waals surface area (Å²) in [5, 5.41) is 6.66. The first kappa shape index (κ1) is 21.1. The molecule has 0 aromatic heterocycles. The molecule has 2 N–H and O–H groups in total. The SMILES string of the molecule is CN=C(NCc1cccc(OC)c1)NCc1cccc(N(C)C)c1.I. The molecule has 2 aromatic carbocycles. The number of halogens is 1. The van der Waals surface area contributed by atoms with Crippen molar-refractivity contribution in [1.29, 1.82) is 0 Å². The fraction of sp³-hybridized carbons (Fsp3) is 0.316. The summed E-state index contributed by atoms with van der Waals surface area (Å²) in [5.74, 6) is 1.63. The topological polar surface area (TPSA) is 48.9 Å². The van der Waals surface area contributed by atoms with Gasteiger partial charge in [0.1, 0.15) is 5.75 Å². The molecular formula is C19H27IN4O. The maximum Gasteiger partial charge on any atom is 0.191 e. The Kier molecular flexibility index (Phi) is 9.12. The zero-order valence-electron chi connectivity index (χ0n) is 15.2. The van der Waals surface area contributed by atoms with E-state index in [1.807, 2.05) is 32.3 Å². The molecule has 2 rings (SSSR count). The maximum atomic E-state index is 5.25. The van der Waals surface area contributed by atoms with Crippen molar-refractivity contribution < 1.29 is 4.74 Å². The average molecular weight is 454 g/mol. The maximum absolute atomic E-state index is 5.25.